The Morgan fingerprint density at radius 3 is 2.17 bits per heavy atom. The number of carbonyl (C=O) groups excluding carboxylic acids is 1. The summed E-state index contributed by atoms with van der Waals surface area (Å²) >= 11 is 0. The minimum absolute atomic E-state index is 0.0288. The summed E-state index contributed by atoms with van der Waals surface area (Å²) in [6, 6.07) is 14.0. The van der Waals surface area contributed by atoms with Crippen LogP contribution in [-0.2, 0) is 14.8 Å². The first kappa shape index (κ1) is 21.5. The van der Waals surface area contributed by atoms with Crippen LogP contribution in [0.2, 0.25) is 0 Å². The maximum Gasteiger partial charge on any atom is 0.266 e. The highest BCUT2D eigenvalue weighted by Crippen LogP contribution is 2.25. The molecule has 3 rings (SSSR count). The fourth-order valence-corrected chi connectivity index (χ4v) is 4.73. The van der Waals surface area contributed by atoms with Crippen molar-refractivity contribution in [2.75, 3.05) is 16.2 Å². The number of sulfonamides is 1. The fraction of sp³-hybridized carbons (Fsp3) is 0.217. The number of nitrogens with one attached hydrogen (secondary N) is 1. The Hall–Kier alpha value is -3.19. The van der Waals surface area contributed by atoms with Crippen LogP contribution in [0.15, 0.2) is 65.8 Å². The maximum absolute atomic E-state index is 13.3. The Morgan fingerprint density at radius 1 is 0.967 bits per heavy atom. The zero-order chi connectivity index (χ0) is 21.9. The van der Waals surface area contributed by atoms with Gasteiger partial charge in [-0.15, -0.1) is 0 Å². The van der Waals surface area contributed by atoms with E-state index in [4.69, 9.17) is 0 Å². The highest BCUT2D eigenvalue weighted by molar-refractivity contribution is 7.92. The van der Waals surface area contributed by atoms with Crippen LogP contribution in [0.1, 0.15) is 22.3 Å². The van der Waals surface area contributed by atoms with Crippen molar-refractivity contribution in [3.05, 3.63) is 83.2 Å². The molecule has 30 heavy (non-hydrogen) atoms. The van der Waals surface area contributed by atoms with Crippen LogP contribution >= 0.6 is 0 Å². The van der Waals surface area contributed by atoms with Crippen molar-refractivity contribution in [2.24, 2.45) is 0 Å². The maximum atomic E-state index is 13.3. The highest BCUT2D eigenvalue weighted by Gasteiger charge is 2.27. The summed E-state index contributed by atoms with van der Waals surface area (Å²) < 4.78 is 27.7. The van der Waals surface area contributed by atoms with Crippen molar-refractivity contribution in [3.8, 4) is 0 Å². The van der Waals surface area contributed by atoms with E-state index in [1.807, 2.05) is 52.0 Å². The molecular weight excluding hydrogens is 398 g/mol. The third-order valence-electron chi connectivity index (χ3n) is 4.77. The number of anilines is 2. The second-order valence-corrected chi connectivity index (χ2v) is 9.22. The van der Waals surface area contributed by atoms with E-state index in [1.54, 1.807) is 18.2 Å². The molecule has 0 radical (unpaired) electrons. The molecule has 0 spiro atoms. The number of benzene rings is 2. The van der Waals surface area contributed by atoms with Gasteiger partial charge in [0.2, 0.25) is 5.91 Å². The second-order valence-electron chi connectivity index (χ2n) is 7.36. The van der Waals surface area contributed by atoms with Gasteiger partial charge in [0.1, 0.15) is 11.4 Å². The third-order valence-corrected chi connectivity index (χ3v) is 6.53. The summed E-state index contributed by atoms with van der Waals surface area (Å²) in [4.78, 5) is 16.8. The molecule has 6 nitrogen and oxygen atoms in total. The molecular formula is C23H25N3O3S. The molecule has 0 aliphatic heterocycles. The number of hydrogen-bond donors (Lipinski definition) is 1. The van der Waals surface area contributed by atoms with E-state index >= 15 is 0 Å². The van der Waals surface area contributed by atoms with Crippen LogP contribution < -0.4 is 9.62 Å². The fourth-order valence-electron chi connectivity index (χ4n) is 3.34. The quantitative estimate of drug-likeness (QED) is 0.646. The van der Waals surface area contributed by atoms with E-state index in [0.29, 0.717) is 11.4 Å². The molecule has 0 bridgehead atoms. The van der Waals surface area contributed by atoms with Gasteiger partial charge >= 0.3 is 0 Å². The predicted octanol–water partition coefficient (Wildman–Crippen LogP) is 4.15. The van der Waals surface area contributed by atoms with Gasteiger partial charge in [-0.2, -0.15) is 0 Å². The first-order chi connectivity index (χ1) is 14.2. The largest absolute Gasteiger partial charge is 0.324 e. The van der Waals surface area contributed by atoms with Gasteiger partial charge in [-0.05, 0) is 63.1 Å². The van der Waals surface area contributed by atoms with E-state index in [1.165, 1.54) is 18.5 Å². The van der Waals surface area contributed by atoms with Gasteiger partial charge in [-0.1, -0.05) is 35.4 Å². The number of nitrogens with zero attached hydrogens (tertiary/aromatic N) is 2. The van der Waals surface area contributed by atoms with Crippen molar-refractivity contribution in [3.63, 3.8) is 0 Å². The second kappa shape index (κ2) is 8.67. The van der Waals surface area contributed by atoms with Crippen LogP contribution in [0.4, 0.5) is 11.4 Å². The Balaban J connectivity index is 1.95. The van der Waals surface area contributed by atoms with E-state index in [2.05, 4.69) is 10.3 Å². The topological polar surface area (TPSA) is 79.4 Å². The molecule has 156 valence electrons. The Morgan fingerprint density at radius 2 is 1.60 bits per heavy atom. The summed E-state index contributed by atoms with van der Waals surface area (Å²) in [5.74, 6) is -0.418. The molecule has 1 N–H and O–H groups in total. The molecule has 1 amide bonds. The normalized spacial score (nSPS) is 11.2. The molecule has 1 aromatic heterocycles. The lowest BCUT2D eigenvalue weighted by molar-refractivity contribution is -0.114. The van der Waals surface area contributed by atoms with Gasteiger partial charge in [0.15, 0.2) is 0 Å². The first-order valence-corrected chi connectivity index (χ1v) is 11.0. The number of rotatable bonds is 6. The van der Waals surface area contributed by atoms with Crippen molar-refractivity contribution in [2.45, 2.75) is 32.6 Å². The average Bonchev–Trinajstić information content (AvgIpc) is 2.70. The third kappa shape index (κ3) is 4.68. The highest BCUT2D eigenvalue weighted by atomic mass is 32.2. The molecule has 1 heterocycles. The van der Waals surface area contributed by atoms with Crippen LogP contribution in [0.5, 0.6) is 0 Å². The molecule has 0 saturated carbocycles. The standard InChI is InChI=1S/C23H25N3O3S/c1-16-7-9-20(10-8-16)26(30(28,29)21-6-5-11-24-14-21)15-22(27)25-23-18(3)12-17(2)13-19(23)4/h5-14H,15H2,1-4H3,(H,25,27). The SMILES string of the molecule is Cc1ccc(N(CC(=O)Nc2c(C)cc(C)cc2C)S(=O)(=O)c2cccnc2)cc1. The van der Waals surface area contributed by atoms with Gasteiger partial charge in [-0.25, -0.2) is 8.42 Å². The van der Waals surface area contributed by atoms with Gasteiger partial charge in [-0.3, -0.25) is 14.1 Å². The summed E-state index contributed by atoms with van der Waals surface area (Å²) in [7, 11) is -3.97. The average molecular weight is 424 g/mol. The summed E-state index contributed by atoms with van der Waals surface area (Å²) in [6.45, 7) is 7.39. The monoisotopic (exact) mass is 423 g/mol. The lowest BCUT2D eigenvalue weighted by atomic mass is 10.1. The Labute approximate surface area is 177 Å². The number of hydrogen-bond acceptors (Lipinski definition) is 4. The number of carbonyl (C=O) groups is 1. The van der Waals surface area contributed by atoms with Crippen molar-refractivity contribution in [1.29, 1.82) is 0 Å². The number of aryl methyl sites for hydroxylation is 4. The zero-order valence-electron chi connectivity index (χ0n) is 17.5. The predicted molar refractivity (Wildman–Crippen MR) is 119 cm³/mol. The lowest BCUT2D eigenvalue weighted by Crippen LogP contribution is -2.38. The molecule has 0 fully saturated rings. The molecule has 0 unspecified atom stereocenters. The summed E-state index contributed by atoms with van der Waals surface area (Å²) in [6.07, 6.45) is 2.79. The number of aromatic nitrogens is 1. The van der Waals surface area contributed by atoms with Crippen molar-refractivity contribution >= 4 is 27.3 Å². The van der Waals surface area contributed by atoms with E-state index in [0.717, 1.165) is 26.6 Å². The number of pyridine rings is 1. The number of amides is 1. The van der Waals surface area contributed by atoms with Crippen LogP contribution in [0.3, 0.4) is 0 Å². The van der Waals surface area contributed by atoms with Crippen LogP contribution in [-0.4, -0.2) is 25.9 Å². The van der Waals surface area contributed by atoms with Gasteiger partial charge in [0, 0.05) is 18.1 Å². The lowest BCUT2D eigenvalue weighted by Gasteiger charge is -2.24. The van der Waals surface area contributed by atoms with Gasteiger partial charge in [0.25, 0.3) is 10.0 Å². The van der Waals surface area contributed by atoms with E-state index in [9.17, 15) is 13.2 Å². The molecule has 0 aliphatic rings. The van der Waals surface area contributed by atoms with Gasteiger partial charge < -0.3 is 5.32 Å². The van der Waals surface area contributed by atoms with Gasteiger partial charge in [0.05, 0.1) is 5.69 Å². The molecule has 3 aromatic rings. The first-order valence-electron chi connectivity index (χ1n) is 9.55. The smallest absolute Gasteiger partial charge is 0.266 e. The molecule has 0 atom stereocenters. The Bertz CT molecular complexity index is 1140. The zero-order valence-corrected chi connectivity index (χ0v) is 18.3. The van der Waals surface area contributed by atoms with E-state index < -0.39 is 15.9 Å². The van der Waals surface area contributed by atoms with Crippen LogP contribution in [0.25, 0.3) is 0 Å². The molecule has 2 aromatic carbocycles. The minimum atomic E-state index is -3.97. The van der Waals surface area contributed by atoms with Crippen molar-refractivity contribution < 1.29 is 13.2 Å². The summed E-state index contributed by atoms with van der Waals surface area (Å²) in [5, 5.41) is 2.88. The minimum Gasteiger partial charge on any atom is -0.324 e. The molecule has 0 saturated heterocycles. The Kier molecular flexibility index (Phi) is 6.22. The van der Waals surface area contributed by atoms with Crippen molar-refractivity contribution in [1.82, 2.24) is 4.98 Å². The molecule has 0 aliphatic carbocycles. The van der Waals surface area contributed by atoms with E-state index in [-0.39, 0.29) is 11.4 Å². The van der Waals surface area contributed by atoms with Crippen LogP contribution in [0, 0.1) is 27.7 Å². The molecule has 7 heteroatoms. The summed E-state index contributed by atoms with van der Waals surface area (Å²) in [5.41, 5.74) is 5.07.